The molecule has 1 atom stereocenters. The highest BCUT2D eigenvalue weighted by Gasteiger charge is 2.19. The number of hydrogen-bond acceptors (Lipinski definition) is 4. The van der Waals surface area contributed by atoms with Crippen LogP contribution in [0.5, 0.6) is 0 Å². The van der Waals surface area contributed by atoms with Crippen LogP contribution in [0.1, 0.15) is 26.3 Å². The minimum Gasteiger partial charge on any atom is -0.358 e. The van der Waals surface area contributed by atoms with Crippen molar-refractivity contribution in [1.29, 1.82) is 0 Å². The Hall–Kier alpha value is -2.11. The summed E-state index contributed by atoms with van der Waals surface area (Å²) < 4.78 is 1.71. The molecule has 2 aromatic heterocycles. The van der Waals surface area contributed by atoms with Gasteiger partial charge in [-0.1, -0.05) is 0 Å². The summed E-state index contributed by atoms with van der Waals surface area (Å²) in [5, 5.41) is 7.41. The highest BCUT2D eigenvalue weighted by Crippen LogP contribution is 2.14. The fourth-order valence-electron chi connectivity index (χ4n) is 2.25. The van der Waals surface area contributed by atoms with E-state index in [0.717, 1.165) is 17.0 Å². The quantitative estimate of drug-likeness (QED) is 0.902. The van der Waals surface area contributed by atoms with Crippen molar-refractivity contribution in [2.75, 3.05) is 18.4 Å². The molecule has 0 aliphatic carbocycles. The zero-order chi connectivity index (χ0) is 14.7. The summed E-state index contributed by atoms with van der Waals surface area (Å²) in [6.45, 7) is 9.26. The number of aryl methyl sites for hydroxylation is 1. The van der Waals surface area contributed by atoms with Crippen LogP contribution in [0.25, 0.3) is 5.65 Å². The fourth-order valence-corrected chi connectivity index (χ4v) is 2.25. The predicted molar refractivity (Wildman–Crippen MR) is 78.7 cm³/mol. The molecular formula is C14H21N5O. The van der Waals surface area contributed by atoms with Gasteiger partial charge in [-0.3, -0.25) is 4.79 Å². The summed E-state index contributed by atoms with van der Waals surface area (Å²) in [5.74, 6) is 0.871. The summed E-state index contributed by atoms with van der Waals surface area (Å²) in [5.41, 5.74) is 1.85. The van der Waals surface area contributed by atoms with Gasteiger partial charge in [0, 0.05) is 13.1 Å². The minimum absolute atomic E-state index is 0.0878. The van der Waals surface area contributed by atoms with Crippen LogP contribution >= 0.6 is 0 Å². The summed E-state index contributed by atoms with van der Waals surface area (Å²) in [4.78, 5) is 18.3. The first kappa shape index (κ1) is 14.3. The lowest BCUT2D eigenvalue weighted by Gasteiger charge is -2.24. The second-order valence-electron chi connectivity index (χ2n) is 4.82. The molecule has 108 valence electrons. The van der Waals surface area contributed by atoms with E-state index in [2.05, 4.69) is 15.4 Å². The number of carbonyl (C=O) groups excluding carboxylic acids is 1. The molecule has 2 heterocycles. The molecule has 1 unspecified atom stereocenters. The van der Waals surface area contributed by atoms with Crippen LogP contribution < -0.4 is 5.32 Å². The molecule has 6 heteroatoms. The van der Waals surface area contributed by atoms with Crippen molar-refractivity contribution < 1.29 is 4.79 Å². The van der Waals surface area contributed by atoms with Gasteiger partial charge in [-0.25, -0.2) is 4.98 Å². The monoisotopic (exact) mass is 275 g/mol. The molecular weight excluding hydrogens is 254 g/mol. The smallest absolute Gasteiger partial charge is 0.244 e. The Morgan fingerprint density at radius 1 is 1.40 bits per heavy atom. The maximum atomic E-state index is 12.3. The number of aromatic nitrogens is 3. The van der Waals surface area contributed by atoms with Gasteiger partial charge in [-0.2, -0.15) is 9.61 Å². The van der Waals surface area contributed by atoms with Crippen molar-refractivity contribution >= 4 is 17.4 Å². The Morgan fingerprint density at radius 3 is 2.75 bits per heavy atom. The first-order valence-corrected chi connectivity index (χ1v) is 6.92. The van der Waals surface area contributed by atoms with Crippen molar-refractivity contribution in [3.63, 3.8) is 0 Å². The summed E-state index contributed by atoms with van der Waals surface area (Å²) >= 11 is 0. The van der Waals surface area contributed by atoms with Crippen molar-refractivity contribution in [2.45, 2.75) is 33.7 Å². The van der Waals surface area contributed by atoms with Crippen molar-refractivity contribution in [2.24, 2.45) is 0 Å². The zero-order valence-corrected chi connectivity index (χ0v) is 12.4. The van der Waals surface area contributed by atoms with E-state index in [-0.39, 0.29) is 11.9 Å². The number of carbonyl (C=O) groups is 1. The maximum Gasteiger partial charge on any atom is 0.244 e. The number of nitrogens with zero attached hydrogens (tertiary/aromatic N) is 4. The van der Waals surface area contributed by atoms with Crippen molar-refractivity contribution in [3.8, 4) is 0 Å². The standard InChI is InChI=1S/C14H21N5O/c1-5-18(6-2)14(20)11(4)17-13-8-10(3)7-12-15-9-16-19(12)13/h7-9,11,17H,5-6H2,1-4H3. The first-order chi connectivity index (χ1) is 9.56. The van der Waals surface area contributed by atoms with Gasteiger partial charge in [-0.05, 0) is 45.4 Å². The highest BCUT2D eigenvalue weighted by atomic mass is 16.2. The van der Waals surface area contributed by atoms with E-state index < -0.39 is 0 Å². The molecule has 0 radical (unpaired) electrons. The van der Waals surface area contributed by atoms with E-state index >= 15 is 0 Å². The van der Waals surface area contributed by atoms with Crippen LogP contribution in [0.2, 0.25) is 0 Å². The molecule has 0 saturated carbocycles. The van der Waals surface area contributed by atoms with Gasteiger partial charge < -0.3 is 10.2 Å². The summed E-state index contributed by atoms with van der Waals surface area (Å²) in [7, 11) is 0. The van der Waals surface area contributed by atoms with E-state index in [1.54, 1.807) is 4.52 Å². The lowest BCUT2D eigenvalue weighted by atomic mass is 10.2. The molecule has 2 rings (SSSR count). The van der Waals surface area contributed by atoms with Gasteiger partial charge in [0.15, 0.2) is 5.65 Å². The minimum atomic E-state index is -0.302. The normalized spacial score (nSPS) is 12.4. The summed E-state index contributed by atoms with van der Waals surface area (Å²) in [6.07, 6.45) is 1.51. The third-order valence-corrected chi connectivity index (χ3v) is 3.33. The molecule has 20 heavy (non-hydrogen) atoms. The highest BCUT2D eigenvalue weighted by molar-refractivity contribution is 5.84. The Morgan fingerprint density at radius 2 is 2.10 bits per heavy atom. The molecule has 1 amide bonds. The molecule has 6 nitrogen and oxygen atoms in total. The van der Waals surface area contributed by atoms with E-state index in [0.29, 0.717) is 13.1 Å². The first-order valence-electron chi connectivity index (χ1n) is 6.92. The van der Waals surface area contributed by atoms with Crippen LogP contribution in [0, 0.1) is 6.92 Å². The largest absolute Gasteiger partial charge is 0.358 e. The zero-order valence-electron chi connectivity index (χ0n) is 12.4. The van der Waals surface area contributed by atoms with Crippen LogP contribution in [0.15, 0.2) is 18.5 Å². The SMILES string of the molecule is CCN(CC)C(=O)C(C)Nc1cc(C)cc2ncnn12. The van der Waals surface area contributed by atoms with E-state index in [9.17, 15) is 4.79 Å². The number of hydrogen-bond donors (Lipinski definition) is 1. The average Bonchev–Trinajstić information content (AvgIpc) is 2.88. The topological polar surface area (TPSA) is 62.5 Å². The molecule has 0 aromatic carbocycles. The van der Waals surface area contributed by atoms with Crippen molar-refractivity contribution in [3.05, 3.63) is 24.0 Å². The Labute approximate surface area is 118 Å². The second-order valence-corrected chi connectivity index (χ2v) is 4.82. The predicted octanol–water partition coefficient (Wildman–Crippen LogP) is 1.71. The number of fused-ring (bicyclic) bond motifs is 1. The molecule has 0 bridgehead atoms. The van der Waals surface area contributed by atoms with Gasteiger partial charge in [0.1, 0.15) is 18.2 Å². The van der Waals surface area contributed by atoms with Crippen molar-refractivity contribution in [1.82, 2.24) is 19.5 Å². The fraction of sp³-hybridized carbons (Fsp3) is 0.500. The second kappa shape index (κ2) is 5.90. The van der Waals surface area contributed by atoms with Gasteiger partial charge in [-0.15, -0.1) is 0 Å². The number of likely N-dealkylation sites (N-methyl/N-ethyl adjacent to an activating group) is 1. The maximum absolute atomic E-state index is 12.3. The number of amides is 1. The Balaban J connectivity index is 2.23. The molecule has 2 aromatic rings. The number of rotatable bonds is 5. The van der Waals surface area contributed by atoms with Crippen LogP contribution in [0.3, 0.4) is 0 Å². The van der Waals surface area contributed by atoms with Gasteiger partial charge in [0.05, 0.1) is 0 Å². The Bertz CT molecular complexity index is 603. The third kappa shape index (κ3) is 2.74. The number of anilines is 1. The lowest BCUT2D eigenvalue weighted by Crippen LogP contribution is -2.41. The molecule has 0 saturated heterocycles. The molecule has 1 N–H and O–H groups in total. The molecule has 0 spiro atoms. The van der Waals surface area contributed by atoms with E-state index in [1.165, 1.54) is 6.33 Å². The third-order valence-electron chi connectivity index (χ3n) is 3.33. The lowest BCUT2D eigenvalue weighted by molar-refractivity contribution is -0.131. The van der Waals surface area contributed by atoms with Gasteiger partial charge in [0.25, 0.3) is 0 Å². The van der Waals surface area contributed by atoms with Crippen LogP contribution in [-0.2, 0) is 4.79 Å². The summed E-state index contributed by atoms with van der Waals surface area (Å²) in [6, 6.07) is 3.62. The van der Waals surface area contributed by atoms with E-state index in [4.69, 9.17) is 0 Å². The van der Waals surface area contributed by atoms with E-state index in [1.807, 2.05) is 44.7 Å². The average molecular weight is 275 g/mol. The number of nitrogens with one attached hydrogen (secondary N) is 1. The Kier molecular flexibility index (Phi) is 4.22. The molecule has 0 aliphatic rings. The number of pyridine rings is 1. The molecule has 0 fully saturated rings. The van der Waals surface area contributed by atoms with Crippen LogP contribution in [0.4, 0.5) is 5.82 Å². The van der Waals surface area contributed by atoms with Crippen LogP contribution in [-0.4, -0.2) is 44.5 Å². The molecule has 0 aliphatic heterocycles. The van der Waals surface area contributed by atoms with Gasteiger partial charge >= 0.3 is 0 Å². The van der Waals surface area contributed by atoms with Gasteiger partial charge in [0.2, 0.25) is 5.91 Å².